The van der Waals surface area contributed by atoms with E-state index in [1.165, 1.54) is 25.7 Å². The number of nitrogens with one attached hydrogen (secondary N) is 1. The summed E-state index contributed by atoms with van der Waals surface area (Å²) in [5, 5.41) is 0. The van der Waals surface area contributed by atoms with E-state index in [0.29, 0.717) is 24.8 Å². The molecule has 0 aliphatic heterocycles. The molecule has 0 bridgehead atoms. The number of rotatable bonds is 7. The second-order valence-electron chi connectivity index (χ2n) is 4.78. The van der Waals surface area contributed by atoms with Gasteiger partial charge in [0.2, 0.25) is 10.0 Å². The molecule has 0 aromatic carbocycles. The molecule has 3 N–H and O–H groups in total. The van der Waals surface area contributed by atoms with E-state index in [1.807, 2.05) is 0 Å². The maximum atomic E-state index is 11.7. The average Bonchev–Trinajstić information content (AvgIpc) is 3.04. The molecule has 15 heavy (non-hydrogen) atoms. The first-order valence-electron chi connectivity index (χ1n) is 5.82. The van der Waals surface area contributed by atoms with Gasteiger partial charge in [0.25, 0.3) is 0 Å². The van der Waals surface area contributed by atoms with E-state index in [2.05, 4.69) is 4.72 Å². The van der Waals surface area contributed by atoms with Crippen LogP contribution in [0.25, 0.3) is 0 Å². The zero-order valence-electron chi connectivity index (χ0n) is 8.98. The fourth-order valence-electron chi connectivity index (χ4n) is 2.03. The second kappa shape index (κ2) is 4.39. The topological polar surface area (TPSA) is 72.2 Å². The van der Waals surface area contributed by atoms with Crippen molar-refractivity contribution in [3.05, 3.63) is 0 Å². The van der Waals surface area contributed by atoms with Crippen molar-refractivity contribution in [1.82, 2.24) is 4.72 Å². The lowest BCUT2D eigenvalue weighted by Crippen LogP contribution is -2.39. The van der Waals surface area contributed by atoms with Crippen molar-refractivity contribution in [3.63, 3.8) is 0 Å². The van der Waals surface area contributed by atoms with Crippen LogP contribution < -0.4 is 10.5 Å². The lowest BCUT2D eigenvalue weighted by atomic mass is 10.1. The molecule has 5 heteroatoms. The van der Waals surface area contributed by atoms with Gasteiger partial charge in [-0.1, -0.05) is 0 Å². The lowest BCUT2D eigenvalue weighted by molar-refractivity contribution is 0.471. The van der Waals surface area contributed by atoms with Crippen molar-refractivity contribution in [2.45, 2.75) is 38.1 Å². The molecule has 0 spiro atoms. The quantitative estimate of drug-likeness (QED) is 0.669. The van der Waals surface area contributed by atoms with Crippen LogP contribution in [0.15, 0.2) is 0 Å². The first-order chi connectivity index (χ1) is 7.12. The van der Waals surface area contributed by atoms with E-state index in [4.69, 9.17) is 5.73 Å². The smallest absolute Gasteiger partial charge is 0.211 e. The number of sulfonamides is 1. The molecule has 0 amide bonds. The summed E-state index contributed by atoms with van der Waals surface area (Å²) in [7, 11) is -3.08. The van der Waals surface area contributed by atoms with E-state index in [9.17, 15) is 8.42 Å². The molecule has 0 atom stereocenters. The molecule has 88 valence electrons. The molecule has 0 heterocycles. The average molecular weight is 232 g/mol. The highest BCUT2D eigenvalue weighted by Crippen LogP contribution is 2.44. The molecular weight excluding hydrogens is 212 g/mol. The minimum atomic E-state index is -3.08. The monoisotopic (exact) mass is 232 g/mol. The van der Waals surface area contributed by atoms with Crippen LogP contribution in [0.2, 0.25) is 0 Å². The molecule has 0 aromatic rings. The Kier molecular flexibility index (Phi) is 3.33. The summed E-state index contributed by atoms with van der Waals surface area (Å²) in [5.41, 5.74) is 5.32. The molecule has 2 rings (SSSR count). The van der Waals surface area contributed by atoms with Crippen molar-refractivity contribution < 1.29 is 8.42 Å². The molecule has 2 saturated carbocycles. The van der Waals surface area contributed by atoms with Crippen LogP contribution in [0.5, 0.6) is 0 Å². The molecular formula is C10H20N2O2S. The van der Waals surface area contributed by atoms with Gasteiger partial charge in [-0.3, -0.25) is 0 Å². The van der Waals surface area contributed by atoms with Crippen LogP contribution in [0.4, 0.5) is 0 Å². The highest BCUT2D eigenvalue weighted by Gasteiger charge is 2.43. The van der Waals surface area contributed by atoms with E-state index < -0.39 is 10.0 Å². The normalized spacial score (nSPS) is 22.3. The predicted octanol–water partition coefficient (Wildman–Crippen LogP) is 0.443. The van der Waals surface area contributed by atoms with Gasteiger partial charge in [-0.05, 0) is 50.5 Å². The molecule has 2 aliphatic rings. The third kappa shape index (κ3) is 3.43. The van der Waals surface area contributed by atoms with Crippen molar-refractivity contribution in [2.75, 3.05) is 12.3 Å². The van der Waals surface area contributed by atoms with Crippen molar-refractivity contribution >= 4 is 10.0 Å². The minimum Gasteiger partial charge on any atom is -0.330 e. The minimum absolute atomic E-state index is 0.180. The Morgan fingerprint density at radius 3 is 2.13 bits per heavy atom. The molecule has 2 aliphatic carbocycles. The number of hydrogen-bond donors (Lipinski definition) is 2. The third-order valence-electron chi connectivity index (χ3n) is 3.19. The van der Waals surface area contributed by atoms with Crippen molar-refractivity contribution in [1.29, 1.82) is 0 Å². The summed E-state index contributed by atoms with van der Waals surface area (Å²) in [6, 6.07) is 0.229. The fraction of sp³-hybridized carbons (Fsp3) is 1.00. The second-order valence-corrected chi connectivity index (χ2v) is 6.65. The van der Waals surface area contributed by atoms with Gasteiger partial charge < -0.3 is 5.73 Å². The van der Waals surface area contributed by atoms with E-state index in [-0.39, 0.29) is 11.8 Å². The highest BCUT2D eigenvalue weighted by molar-refractivity contribution is 7.89. The number of nitrogens with two attached hydrogens (primary N) is 1. The van der Waals surface area contributed by atoms with Gasteiger partial charge >= 0.3 is 0 Å². The third-order valence-corrected chi connectivity index (χ3v) is 4.65. The van der Waals surface area contributed by atoms with E-state index >= 15 is 0 Å². The first kappa shape index (κ1) is 11.4. The Hall–Kier alpha value is -0.130. The molecule has 2 fully saturated rings. The largest absolute Gasteiger partial charge is 0.330 e. The Morgan fingerprint density at radius 2 is 1.73 bits per heavy atom. The summed E-state index contributed by atoms with van der Waals surface area (Å²) in [5.74, 6) is 1.41. The van der Waals surface area contributed by atoms with Crippen LogP contribution in [-0.4, -0.2) is 26.8 Å². The first-order valence-corrected chi connectivity index (χ1v) is 7.47. The summed E-state index contributed by atoms with van der Waals surface area (Å²) in [6.07, 6.45) is 5.33. The van der Waals surface area contributed by atoms with Gasteiger partial charge in [0.05, 0.1) is 5.75 Å². The van der Waals surface area contributed by atoms with Crippen LogP contribution >= 0.6 is 0 Å². The summed E-state index contributed by atoms with van der Waals surface area (Å²) in [6.45, 7) is 0.443. The van der Waals surface area contributed by atoms with E-state index in [1.54, 1.807) is 0 Å². The van der Waals surface area contributed by atoms with Crippen LogP contribution in [-0.2, 0) is 10.0 Å². The molecule has 0 aromatic heterocycles. The Morgan fingerprint density at radius 1 is 1.20 bits per heavy atom. The van der Waals surface area contributed by atoms with Gasteiger partial charge in [0, 0.05) is 6.04 Å². The van der Waals surface area contributed by atoms with Gasteiger partial charge in [-0.15, -0.1) is 0 Å². The summed E-state index contributed by atoms with van der Waals surface area (Å²) in [4.78, 5) is 0. The molecule has 0 radical (unpaired) electrons. The van der Waals surface area contributed by atoms with Gasteiger partial charge in [0.15, 0.2) is 0 Å². The predicted molar refractivity (Wildman–Crippen MR) is 59.8 cm³/mol. The van der Waals surface area contributed by atoms with Crippen LogP contribution in [0.1, 0.15) is 32.1 Å². The SMILES string of the molecule is NCCCS(=O)(=O)NC(C1CC1)C1CC1. The molecule has 4 nitrogen and oxygen atoms in total. The molecule has 0 saturated heterocycles. The van der Waals surface area contributed by atoms with Gasteiger partial charge in [0.1, 0.15) is 0 Å². The maximum Gasteiger partial charge on any atom is 0.211 e. The fourth-order valence-corrected chi connectivity index (χ4v) is 3.49. The van der Waals surface area contributed by atoms with Crippen molar-refractivity contribution in [2.24, 2.45) is 17.6 Å². The summed E-state index contributed by atoms with van der Waals surface area (Å²) >= 11 is 0. The van der Waals surface area contributed by atoms with Gasteiger partial charge in [-0.25, -0.2) is 13.1 Å². The number of hydrogen-bond acceptors (Lipinski definition) is 3. The van der Waals surface area contributed by atoms with Gasteiger partial charge in [-0.2, -0.15) is 0 Å². The Labute approximate surface area is 91.7 Å². The van der Waals surface area contributed by atoms with Crippen molar-refractivity contribution in [3.8, 4) is 0 Å². The van der Waals surface area contributed by atoms with Crippen LogP contribution in [0, 0.1) is 11.8 Å². The standard InChI is InChI=1S/C10H20N2O2S/c11-6-1-7-15(13,14)12-10(8-2-3-8)9-4-5-9/h8-10,12H,1-7,11H2. The maximum absolute atomic E-state index is 11.7. The Balaban J connectivity index is 1.87. The zero-order valence-corrected chi connectivity index (χ0v) is 9.80. The summed E-state index contributed by atoms with van der Waals surface area (Å²) < 4.78 is 26.3. The Bertz CT molecular complexity index is 295. The lowest BCUT2D eigenvalue weighted by Gasteiger charge is -2.17. The van der Waals surface area contributed by atoms with Crippen LogP contribution in [0.3, 0.4) is 0 Å². The zero-order chi connectivity index (χ0) is 10.9. The molecule has 0 unspecified atom stereocenters. The van der Waals surface area contributed by atoms with E-state index in [0.717, 1.165) is 0 Å². The highest BCUT2D eigenvalue weighted by atomic mass is 32.2.